The number of nitrogens with zero attached hydrogens (tertiary/aromatic N) is 9. The third-order valence-corrected chi connectivity index (χ3v) is 7.88. The van der Waals surface area contributed by atoms with E-state index in [2.05, 4.69) is 36.7 Å². The Morgan fingerprint density at radius 1 is 0.750 bits per heavy atom. The Morgan fingerprint density at radius 3 is 1.88 bits per heavy atom. The van der Waals surface area contributed by atoms with Crippen LogP contribution in [0.25, 0.3) is 21.6 Å². The molecule has 3 heterocycles. The monoisotopic (exact) mass is 654 g/mol. The van der Waals surface area contributed by atoms with E-state index < -0.39 is 11.9 Å². The molecule has 48 heavy (non-hydrogen) atoms. The van der Waals surface area contributed by atoms with Crippen molar-refractivity contribution in [2.75, 3.05) is 72.0 Å². The molecule has 14 heteroatoms. The summed E-state index contributed by atoms with van der Waals surface area (Å²) in [5.74, 6) is 3.98. The Balaban J connectivity index is 1.56. The van der Waals surface area contributed by atoms with Crippen LogP contribution in [0.3, 0.4) is 0 Å². The number of carbonyl (C=O) groups is 2. The average molecular weight is 655 g/mol. The zero-order chi connectivity index (χ0) is 34.1. The second kappa shape index (κ2) is 19.1. The molecule has 1 aromatic carbocycles. The van der Waals surface area contributed by atoms with Gasteiger partial charge < -0.3 is 15.9 Å². The molecule has 0 saturated carbocycles. The summed E-state index contributed by atoms with van der Waals surface area (Å²) >= 11 is 0. The molecule has 4 rings (SSSR count). The number of carboxylic acids is 2. The Labute approximate surface area is 280 Å². The van der Waals surface area contributed by atoms with Gasteiger partial charge in [-0.2, -0.15) is 0 Å². The van der Waals surface area contributed by atoms with Gasteiger partial charge in [0.2, 0.25) is 0 Å². The topological polar surface area (TPSA) is 188 Å². The lowest BCUT2D eigenvalue weighted by molar-refractivity contribution is -0.139. The molecule has 14 nitrogen and oxygen atoms in total. The molecule has 0 radical (unpaired) electrons. The Hall–Kier alpha value is -4.87. The molecule has 4 N–H and O–H groups in total. The second-order valence-corrected chi connectivity index (χ2v) is 11.5. The molecule has 1 aliphatic rings. The van der Waals surface area contributed by atoms with Gasteiger partial charge in [0.15, 0.2) is 0 Å². The maximum absolute atomic E-state index is 11.8. The molecule has 1 saturated heterocycles. The van der Waals surface area contributed by atoms with Crippen molar-refractivity contribution in [1.29, 1.82) is 0 Å². The maximum Gasteiger partial charge on any atom is 0.317 e. The van der Waals surface area contributed by atoms with Gasteiger partial charge >= 0.3 is 11.9 Å². The van der Waals surface area contributed by atoms with Crippen LogP contribution in [-0.4, -0.2) is 124 Å². The number of pyridine rings is 2. The minimum Gasteiger partial charge on any atom is -0.480 e. The molecular formula is C34H42N10O4. The van der Waals surface area contributed by atoms with E-state index in [1.54, 1.807) is 0 Å². The van der Waals surface area contributed by atoms with E-state index in [-0.39, 0.29) is 26.2 Å². The van der Waals surface area contributed by atoms with Crippen LogP contribution in [0.5, 0.6) is 0 Å². The molecule has 0 bridgehead atoms. The molecule has 0 atom stereocenters. The number of hydrogen-bond donors (Lipinski definition) is 3. The minimum absolute atomic E-state index is 0.104. The van der Waals surface area contributed by atoms with Crippen LogP contribution in [0.15, 0.2) is 65.8 Å². The normalized spacial score (nSPS) is 15.7. The van der Waals surface area contributed by atoms with Crippen molar-refractivity contribution in [1.82, 2.24) is 29.6 Å². The summed E-state index contributed by atoms with van der Waals surface area (Å²) in [6, 6.07) is 19.4. The molecule has 1 aliphatic heterocycles. The van der Waals surface area contributed by atoms with E-state index >= 15 is 0 Å². The van der Waals surface area contributed by atoms with Crippen molar-refractivity contribution in [2.45, 2.75) is 19.6 Å². The molecule has 1 fully saturated rings. The van der Waals surface area contributed by atoms with E-state index in [0.717, 1.165) is 22.5 Å². The molecule has 2 aromatic heterocycles. The number of aliphatic carboxylic acids is 2. The van der Waals surface area contributed by atoms with Crippen LogP contribution in [-0.2, 0) is 29.2 Å². The number of hydrogen-bond acceptors (Lipinski definition) is 10. The molecule has 0 aliphatic carbocycles. The smallest absolute Gasteiger partial charge is 0.317 e. The van der Waals surface area contributed by atoms with E-state index in [0.29, 0.717) is 76.8 Å². The van der Waals surface area contributed by atoms with Gasteiger partial charge in [-0.25, -0.2) is 4.98 Å². The zero-order valence-corrected chi connectivity index (χ0v) is 27.0. The van der Waals surface area contributed by atoms with Crippen LogP contribution >= 0.6 is 0 Å². The maximum atomic E-state index is 11.8. The lowest BCUT2D eigenvalue weighted by Gasteiger charge is -2.33. The van der Waals surface area contributed by atoms with Gasteiger partial charge in [-0.1, -0.05) is 47.4 Å². The van der Waals surface area contributed by atoms with E-state index in [9.17, 15) is 19.8 Å². The van der Waals surface area contributed by atoms with Crippen molar-refractivity contribution in [3.63, 3.8) is 0 Å². The highest BCUT2D eigenvalue weighted by Crippen LogP contribution is 2.22. The van der Waals surface area contributed by atoms with Crippen LogP contribution < -0.4 is 5.73 Å². The number of azide groups is 1. The first-order valence-corrected chi connectivity index (χ1v) is 15.8. The van der Waals surface area contributed by atoms with Gasteiger partial charge in [-0.05, 0) is 46.8 Å². The molecule has 0 spiro atoms. The first kappa shape index (κ1) is 36.0. The number of carboxylic acid groups (broad SMARTS) is 2. The SMILES string of the molecule is [N-]=[N+]=NCc1cc(-c2ccccc2)cc(CN2CCN(CC(=O)O)CCN(Cc3cccc(C#CCN)n3)CCN(CC(=O)O)CC2)n1. The quantitative estimate of drug-likeness (QED) is 0.119. The third-order valence-electron chi connectivity index (χ3n) is 7.88. The van der Waals surface area contributed by atoms with Crippen molar-refractivity contribution in [3.05, 3.63) is 93.9 Å². The molecule has 252 valence electrons. The van der Waals surface area contributed by atoms with Crippen LogP contribution in [0.2, 0.25) is 0 Å². The molecule has 0 amide bonds. The molecule has 0 unspecified atom stereocenters. The minimum atomic E-state index is -0.902. The summed E-state index contributed by atoms with van der Waals surface area (Å²) in [7, 11) is 0. The molecular weight excluding hydrogens is 612 g/mol. The van der Waals surface area contributed by atoms with Crippen molar-refractivity contribution in [2.24, 2.45) is 10.8 Å². The average Bonchev–Trinajstić information content (AvgIpc) is 3.07. The zero-order valence-electron chi connectivity index (χ0n) is 27.0. The highest BCUT2D eigenvalue weighted by molar-refractivity contribution is 5.69. The van der Waals surface area contributed by atoms with E-state index in [1.807, 2.05) is 70.5 Å². The molecule has 3 aromatic rings. The van der Waals surface area contributed by atoms with E-state index in [1.165, 1.54) is 0 Å². The lowest BCUT2D eigenvalue weighted by atomic mass is 10.0. The number of aromatic nitrogens is 2. The number of nitrogens with two attached hydrogens (primary N) is 1. The fourth-order valence-corrected chi connectivity index (χ4v) is 5.54. The van der Waals surface area contributed by atoms with Gasteiger partial charge in [0, 0.05) is 76.1 Å². The van der Waals surface area contributed by atoms with Crippen molar-refractivity contribution < 1.29 is 19.8 Å². The third kappa shape index (κ3) is 12.4. The summed E-state index contributed by atoms with van der Waals surface area (Å²) in [5, 5.41) is 23.1. The highest BCUT2D eigenvalue weighted by atomic mass is 16.4. The number of benzene rings is 1. The standard InChI is InChI=1S/C34H42N10O4/c35-11-5-10-29-8-4-9-30(38-29)23-41-12-16-43(25-33(45)46)18-14-42(15-19-44(17-13-41)26-34(47)48)24-32-21-28(27-6-2-1-3-7-27)20-31(39-32)22-37-40-36/h1-4,6-9,20-21H,11-19,22-26,35H2,(H,45,46)(H,47,48). The van der Waals surface area contributed by atoms with Gasteiger partial charge in [-0.3, -0.25) is 34.2 Å². The fraction of sp³-hybridized carbons (Fsp3) is 0.412. The Bertz CT molecular complexity index is 1590. The van der Waals surface area contributed by atoms with Gasteiger partial charge in [0.1, 0.15) is 5.69 Å². The van der Waals surface area contributed by atoms with Crippen LogP contribution in [0.4, 0.5) is 0 Å². The first-order chi connectivity index (χ1) is 23.3. The Morgan fingerprint density at radius 2 is 1.31 bits per heavy atom. The van der Waals surface area contributed by atoms with Gasteiger partial charge in [0.05, 0.1) is 37.6 Å². The predicted octanol–water partition coefficient (Wildman–Crippen LogP) is 2.36. The summed E-state index contributed by atoms with van der Waals surface area (Å²) in [4.78, 5) is 44.2. The second-order valence-electron chi connectivity index (χ2n) is 11.5. The fourth-order valence-electron chi connectivity index (χ4n) is 5.54. The largest absolute Gasteiger partial charge is 0.480 e. The Kier molecular flexibility index (Phi) is 14.3. The van der Waals surface area contributed by atoms with Crippen molar-refractivity contribution in [3.8, 4) is 23.0 Å². The van der Waals surface area contributed by atoms with Crippen molar-refractivity contribution >= 4 is 11.9 Å². The highest BCUT2D eigenvalue weighted by Gasteiger charge is 2.20. The van der Waals surface area contributed by atoms with E-state index in [4.69, 9.17) is 16.2 Å². The summed E-state index contributed by atoms with van der Waals surface area (Å²) in [6.07, 6.45) is 0. The van der Waals surface area contributed by atoms with Gasteiger partial charge in [0.25, 0.3) is 0 Å². The van der Waals surface area contributed by atoms with Gasteiger partial charge in [-0.15, -0.1) is 0 Å². The van der Waals surface area contributed by atoms with Crippen LogP contribution in [0.1, 0.15) is 22.8 Å². The number of rotatable bonds is 11. The summed E-state index contributed by atoms with van der Waals surface area (Å²) < 4.78 is 0. The lowest BCUT2D eigenvalue weighted by Crippen LogP contribution is -2.47. The predicted molar refractivity (Wildman–Crippen MR) is 181 cm³/mol. The van der Waals surface area contributed by atoms with Crippen LogP contribution in [0, 0.1) is 11.8 Å². The summed E-state index contributed by atoms with van der Waals surface area (Å²) in [6.45, 7) is 5.31. The first-order valence-electron chi connectivity index (χ1n) is 15.8. The summed E-state index contributed by atoms with van der Waals surface area (Å²) in [5.41, 5.74) is 19.2.